The number of hydrogen-bond donors (Lipinski definition) is 0. The molecule has 1 saturated heterocycles. The SMILES string of the molecule is CC(C)N1CCC(N(C)C(=O)c2ccc3c(c2)OCCO3)CC1. The number of nitrogens with zero attached hydrogens (tertiary/aromatic N) is 2. The molecule has 5 nitrogen and oxygen atoms in total. The molecule has 1 aromatic carbocycles. The first-order chi connectivity index (χ1) is 11.1. The maximum atomic E-state index is 12.8. The summed E-state index contributed by atoms with van der Waals surface area (Å²) in [5, 5.41) is 0. The van der Waals surface area contributed by atoms with Crippen molar-refractivity contribution in [3.05, 3.63) is 23.8 Å². The number of hydrogen-bond acceptors (Lipinski definition) is 4. The van der Waals surface area contributed by atoms with Gasteiger partial charge in [0.25, 0.3) is 5.91 Å². The highest BCUT2D eigenvalue weighted by Crippen LogP contribution is 2.31. The van der Waals surface area contributed by atoms with E-state index in [0.29, 0.717) is 36.6 Å². The van der Waals surface area contributed by atoms with Crippen LogP contribution in [0.3, 0.4) is 0 Å². The number of fused-ring (bicyclic) bond motifs is 1. The van der Waals surface area contributed by atoms with Crippen LogP contribution in [-0.4, -0.2) is 61.1 Å². The highest BCUT2D eigenvalue weighted by Gasteiger charge is 2.27. The van der Waals surface area contributed by atoms with E-state index >= 15 is 0 Å². The summed E-state index contributed by atoms with van der Waals surface area (Å²) in [4.78, 5) is 17.1. The lowest BCUT2D eigenvalue weighted by molar-refractivity contribution is 0.0614. The third-order valence-corrected chi connectivity index (χ3v) is 4.89. The average Bonchev–Trinajstić information content (AvgIpc) is 2.60. The zero-order valence-electron chi connectivity index (χ0n) is 14.2. The van der Waals surface area contributed by atoms with E-state index in [4.69, 9.17) is 9.47 Å². The minimum atomic E-state index is 0.0602. The van der Waals surface area contributed by atoms with Gasteiger partial charge in [0.2, 0.25) is 0 Å². The number of carbonyl (C=O) groups excluding carboxylic acids is 1. The van der Waals surface area contributed by atoms with Crippen LogP contribution in [0.1, 0.15) is 37.0 Å². The number of carbonyl (C=O) groups is 1. The Labute approximate surface area is 138 Å². The third kappa shape index (κ3) is 3.44. The highest BCUT2D eigenvalue weighted by molar-refractivity contribution is 5.95. The lowest BCUT2D eigenvalue weighted by Crippen LogP contribution is -2.47. The Morgan fingerprint density at radius 2 is 1.83 bits per heavy atom. The van der Waals surface area contributed by atoms with Gasteiger partial charge in [-0.25, -0.2) is 0 Å². The topological polar surface area (TPSA) is 42.0 Å². The smallest absolute Gasteiger partial charge is 0.253 e. The highest BCUT2D eigenvalue weighted by atomic mass is 16.6. The van der Waals surface area contributed by atoms with E-state index in [2.05, 4.69) is 18.7 Å². The van der Waals surface area contributed by atoms with Crippen molar-refractivity contribution in [1.82, 2.24) is 9.80 Å². The van der Waals surface area contributed by atoms with Gasteiger partial charge < -0.3 is 19.3 Å². The summed E-state index contributed by atoms with van der Waals surface area (Å²) in [6.07, 6.45) is 2.07. The average molecular weight is 318 g/mol. The quantitative estimate of drug-likeness (QED) is 0.858. The van der Waals surface area contributed by atoms with Crippen molar-refractivity contribution < 1.29 is 14.3 Å². The molecule has 3 rings (SSSR count). The molecule has 1 fully saturated rings. The molecule has 1 aromatic rings. The first-order valence-electron chi connectivity index (χ1n) is 8.47. The summed E-state index contributed by atoms with van der Waals surface area (Å²) in [7, 11) is 1.91. The number of rotatable bonds is 3. The molecule has 0 aromatic heterocycles. The number of benzene rings is 1. The minimum absolute atomic E-state index is 0.0602. The second kappa shape index (κ2) is 6.79. The summed E-state index contributed by atoms with van der Waals surface area (Å²) in [6.45, 7) is 7.67. The predicted molar refractivity (Wildman–Crippen MR) is 89.3 cm³/mol. The second-order valence-electron chi connectivity index (χ2n) is 6.64. The van der Waals surface area contributed by atoms with E-state index in [9.17, 15) is 4.79 Å². The standard InChI is InChI=1S/C18H26N2O3/c1-13(2)20-8-6-15(7-9-20)19(3)18(21)14-4-5-16-17(12-14)23-11-10-22-16/h4-5,12-13,15H,6-11H2,1-3H3. The van der Waals surface area contributed by atoms with E-state index in [0.717, 1.165) is 31.7 Å². The van der Waals surface area contributed by atoms with E-state index < -0.39 is 0 Å². The van der Waals surface area contributed by atoms with Crippen molar-refractivity contribution in [2.24, 2.45) is 0 Å². The largest absolute Gasteiger partial charge is 0.486 e. The maximum Gasteiger partial charge on any atom is 0.253 e. The lowest BCUT2D eigenvalue weighted by atomic mass is 10.0. The Balaban J connectivity index is 1.66. The second-order valence-corrected chi connectivity index (χ2v) is 6.64. The van der Waals surface area contributed by atoms with Crippen LogP contribution in [0.15, 0.2) is 18.2 Å². The molecule has 5 heteroatoms. The Morgan fingerprint density at radius 3 is 2.48 bits per heavy atom. The summed E-state index contributed by atoms with van der Waals surface area (Å²) in [5.41, 5.74) is 0.669. The van der Waals surface area contributed by atoms with Gasteiger partial charge in [0.1, 0.15) is 13.2 Å². The summed E-state index contributed by atoms with van der Waals surface area (Å²) in [5.74, 6) is 1.45. The first-order valence-corrected chi connectivity index (χ1v) is 8.47. The molecule has 0 radical (unpaired) electrons. The molecule has 2 heterocycles. The van der Waals surface area contributed by atoms with Crippen molar-refractivity contribution in [2.45, 2.75) is 38.8 Å². The molecule has 0 bridgehead atoms. The number of ether oxygens (including phenoxy) is 2. The van der Waals surface area contributed by atoms with Crippen LogP contribution in [0.2, 0.25) is 0 Å². The third-order valence-electron chi connectivity index (χ3n) is 4.89. The molecule has 0 unspecified atom stereocenters. The number of piperidine rings is 1. The minimum Gasteiger partial charge on any atom is -0.486 e. The van der Waals surface area contributed by atoms with Gasteiger partial charge in [0.05, 0.1) is 0 Å². The molecule has 2 aliphatic heterocycles. The fourth-order valence-corrected chi connectivity index (χ4v) is 3.34. The van der Waals surface area contributed by atoms with Crippen LogP contribution in [0.25, 0.3) is 0 Å². The van der Waals surface area contributed by atoms with Gasteiger partial charge >= 0.3 is 0 Å². The molecule has 23 heavy (non-hydrogen) atoms. The molecular weight excluding hydrogens is 292 g/mol. The predicted octanol–water partition coefficient (Wildman–Crippen LogP) is 2.40. The molecule has 0 N–H and O–H groups in total. The maximum absolute atomic E-state index is 12.8. The summed E-state index contributed by atoms with van der Waals surface area (Å²) in [6, 6.07) is 6.35. The van der Waals surface area contributed by atoms with Crippen LogP contribution in [0.4, 0.5) is 0 Å². The van der Waals surface area contributed by atoms with Crippen LogP contribution >= 0.6 is 0 Å². The van der Waals surface area contributed by atoms with Gasteiger partial charge in [-0.05, 0) is 44.9 Å². The van der Waals surface area contributed by atoms with Gasteiger partial charge in [0.15, 0.2) is 11.5 Å². The van der Waals surface area contributed by atoms with Crippen LogP contribution < -0.4 is 9.47 Å². The Bertz CT molecular complexity index is 565. The Kier molecular flexibility index (Phi) is 4.76. The zero-order valence-corrected chi connectivity index (χ0v) is 14.2. The van der Waals surface area contributed by atoms with Crippen molar-refractivity contribution in [3.8, 4) is 11.5 Å². The fourth-order valence-electron chi connectivity index (χ4n) is 3.34. The van der Waals surface area contributed by atoms with E-state index in [-0.39, 0.29) is 5.91 Å². The number of likely N-dealkylation sites (tertiary alicyclic amines) is 1. The lowest BCUT2D eigenvalue weighted by Gasteiger charge is -2.38. The Morgan fingerprint density at radius 1 is 1.17 bits per heavy atom. The van der Waals surface area contributed by atoms with Crippen molar-refractivity contribution >= 4 is 5.91 Å². The molecule has 2 aliphatic rings. The first kappa shape index (κ1) is 16.1. The van der Waals surface area contributed by atoms with Crippen LogP contribution in [-0.2, 0) is 0 Å². The van der Waals surface area contributed by atoms with Crippen molar-refractivity contribution in [2.75, 3.05) is 33.4 Å². The molecule has 0 saturated carbocycles. The van der Waals surface area contributed by atoms with Crippen LogP contribution in [0, 0.1) is 0 Å². The molecule has 1 amide bonds. The molecular formula is C18H26N2O3. The van der Waals surface area contributed by atoms with Crippen LogP contribution in [0.5, 0.6) is 11.5 Å². The number of amides is 1. The van der Waals surface area contributed by atoms with E-state index in [1.807, 2.05) is 24.1 Å². The van der Waals surface area contributed by atoms with Crippen molar-refractivity contribution in [3.63, 3.8) is 0 Å². The molecule has 126 valence electrons. The zero-order chi connectivity index (χ0) is 16.4. The van der Waals surface area contributed by atoms with Gasteiger partial charge in [-0.15, -0.1) is 0 Å². The van der Waals surface area contributed by atoms with E-state index in [1.165, 1.54) is 0 Å². The summed E-state index contributed by atoms with van der Waals surface area (Å²) >= 11 is 0. The van der Waals surface area contributed by atoms with Gasteiger partial charge in [-0.2, -0.15) is 0 Å². The normalized spacial score (nSPS) is 19.0. The monoisotopic (exact) mass is 318 g/mol. The Hall–Kier alpha value is -1.75. The molecule has 0 aliphatic carbocycles. The van der Waals surface area contributed by atoms with Crippen molar-refractivity contribution in [1.29, 1.82) is 0 Å². The van der Waals surface area contributed by atoms with Gasteiger partial charge in [-0.1, -0.05) is 0 Å². The molecule has 0 atom stereocenters. The fraction of sp³-hybridized carbons (Fsp3) is 0.611. The van der Waals surface area contributed by atoms with E-state index in [1.54, 1.807) is 6.07 Å². The van der Waals surface area contributed by atoms with Gasteiger partial charge in [-0.3, -0.25) is 4.79 Å². The molecule has 0 spiro atoms. The summed E-state index contributed by atoms with van der Waals surface area (Å²) < 4.78 is 11.1. The van der Waals surface area contributed by atoms with Gasteiger partial charge in [0, 0.05) is 37.8 Å².